The molecule has 0 aliphatic heterocycles. The van der Waals surface area contributed by atoms with Gasteiger partial charge in [-0.1, -0.05) is 59.3 Å². The second-order valence-corrected chi connectivity index (χ2v) is 9.90. The minimum atomic E-state index is -3.73. The molecule has 0 saturated carbocycles. The van der Waals surface area contributed by atoms with Gasteiger partial charge in [-0.05, 0) is 37.1 Å². The van der Waals surface area contributed by atoms with Crippen molar-refractivity contribution in [3.05, 3.63) is 64.6 Å². The third kappa shape index (κ3) is 7.07. The van der Waals surface area contributed by atoms with Crippen LogP contribution in [-0.4, -0.2) is 50.5 Å². The van der Waals surface area contributed by atoms with Gasteiger partial charge in [0.1, 0.15) is 12.6 Å². The fourth-order valence-electron chi connectivity index (χ4n) is 3.24. The van der Waals surface area contributed by atoms with Gasteiger partial charge in [0.2, 0.25) is 21.8 Å². The van der Waals surface area contributed by atoms with Crippen molar-refractivity contribution in [2.75, 3.05) is 23.7 Å². The van der Waals surface area contributed by atoms with Crippen molar-refractivity contribution in [2.45, 2.75) is 32.9 Å². The van der Waals surface area contributed by atoms with Gasteiger partial charge < -0.3 is 10.2 Å². The van der Waals surface area contributed by atoms with E-state index in [1.165, 1.54) is 4.90 Å². The number of carbonyl (C=O) groups is 2. The summed E-state index contributed by atoms with van der Waals surface area (Å²) in [7, 11) is -3.73. The standard InChI is InChI=1S/C22H28BrN3O4S/c1-4-20(22(28)24-5-2)25(15-17-10-7-6-8-11-17)21(27)16-26(31(3,29)30)19-13-9-12-18(23)14-19/h6-14,20H,4-5,15-16H2,1-3H3,(H,24,28). The molecule has 31 heavy (non-hydrogen) atoms. The van der Waals surface area contributed by atoms with E-state index in [-0.39, 0.29) is 12.5 Å². The molecule has 2 rings (SSSR count). The molecule has 7 nitrogen and oxygen atoms in total. The Bertz CT molecular complexity index is 999. The van der Waals surface area contributed by atoms with Crippen LogP contribution in [0.5, 0.6) is 0 Å². The summed E-state index contributed by atoms with van der Waals surface area (Å²) in [6.45, 7) is 3.88. The van der Waals surface area contributed by atoms with Crippen LogP contribution in [0.2, 0.25) is 0 Å². The molecule has 2 amide bonds. The number of nitrogens with one attached hydrogen (secondary N) is 1. The van der Waals surface area contributed by atoms with Crippen LogP contribution in [0.4, 0.5) is 5.69 Å². The quantitative estimate of drug-likeness (QED) is 0.532. The maximum absolute atomic E-state index is 13.4. The van der Waals surface area contributed by atoms with E-state index in [1.807, 2.05) is 44.2 Å². The number of benzene rings is 2. The number of amides is 2. The molecule has 9 heteroatoms. The lowest BCUT2D eigenvalue weighted by molar-refractivity contribution is -0.140. The topological polar surface area (TPSA) is 86.8 Å². The zero-order valence-electron chi connectivity index (χ0n) is 17.9. The largest absolute Gasteiger partial charge is 0.355 e. The minimum Gasteiger partial charge on any atom is -0.355 e. The fourth-order valence-corrected chi connectivity index (χ4v) is 4.47. The second kappa shape index (κ2) is 11.3. The van der Waals surface area contributed by atoms with Crippen LogP contribution in [0.25, 0.3) is 0 Å². The fraction of sp³-hybridized carbons (Fsp3) is 0.364. The highest BCUT2D eigenvalue weighted by molar-refractivity contribution is 9.10. The van der Waals surface area contributed by atoms with E-state index < -0.39 is 28.5 Å². The van der Waals surface area contributed by atoms with Crippen molar-refractivity contribution >= 4 is 43.5 Å². The Balaban J connectivity index is 2.40. The molecule has 1 unspecified atom stereocenters. The first-order valence-electron chi connectivity index (χ1n) is 10.0. The number of hydrogen-bond donors (Lipinski definition) is 1. The highest BCUT2D eigenvalue weighted by Crippen LogP contribution is 2.23. The Morgan fingerprint density at radius 3 is 2.29 bits per heavy atom. The first-order valence-corrected chi connectivity index (χ1v) is 12.7. The van der Waals surface area contributed by atoms with Crippen LogP contribution in [0.3, 0.4) is 0 Å². The minimum absolute atomic E-state index is 0.200. The van der Waals surface area contributed by atoms with Crippen molar-refractivity contribution in [1.82, 2.24) is 10.2 Å². The molecule has 2 aromatic rings. The molecule has 168 valence electrons. The number of hydrogen-bond acceptors (Lipinski definition) is 4. The van der Waals surface area contributed by atoms with E-state index in [1.54, 1.807) is 24.3 Å². The average molecular weight is 510 g/mol. The van der Waals surface area contributed by atoms with Gasteiger partial charge in [0, 0.05) is 17.6 Å². The van der Waals surface area contributed by atoms with Gasteiger partial charge >= 0.3 is 0 Å². The van der Waals surface area contributed by atoms with Gasteiger partial charge in [0.25, 0.3) is 0 Å². The van der Waals surface area contributed by atoms with Crippen LogP contribution in [0.15, 0.2) is 59.1 Å². The molecule has 0 fully saturated rings. The summed E-state index contributed by atoms with van der Waals surface area (Å²) in [4.78, 5) is 27.5. The summed E-state index contributed by atoms with van der Waals surface area (Å²) in [5.74, 6) is -0.713. The molecule has 2 aromatic carbocycles. The molecule has 0 aliphatic carbocycles. The van der Waals surface area contributed by atoms with E-state index in [0.29, 0.717) is 23.1 Å². The molecule has 0 saturated heterocycles. The van der Waals surface area contributed by atoms with E-state index in [9.17, 15) is 18.0 Å². The Kier molecular flexibility index (Phi) is 9.06. The molecule has 0 spiro atoms. The summed E-state index contributed by atoms with van der Waals surface area (Å²) in [6.07, 6.45) is 1.46. The summed E-state index contributed by atoms with van der Waals surface area (Å²) in [5, 5.41) is 2.77. The van der Waals surface area contributed by atoms with Crippen molar-refractivity contribution in [3.63, 3.8) is 0 Å². The summed E-state index contributed by atoms with van der Waals surface area (Å²) in [6, 6.07) is 15.3. The monoisotopic (exact) mass is 509 g/mol. The molecule has 0 radical (unpaired) electrons. The Morgan fingerprint density at radius 2 is 1.74 bits per heavy atom. The van der Waals surface area contributed by atoms with Crippen LogP contribution in [-0.2, 0) is 26.2 Å². The SMILES string of the molecule is CCNC(=O)C(CC)N(Cc1ccccc1)C(=O)CN(c1cccc(Br)c1)S(C)(=O)=O. The van der Waals surface area contributed by atoms with Gasteiger partial charge in [-0.2, -0.15) is 0 Å². The predicted molar refractivity (Wildman–Crippen MR) is 126 cm³/mol. The van der Waals surface area contributed by atoms with Gasteiger partial charge in [-0.25, -0.2) is 8.42 Å². The van der Waals surface area contributed by atoms with Crippen LogP contribution in [0.1, 0.15) is 25.8 Å². The van der Waals surface area contributed by atoms with Crippen molar-refractivity contribution < 1.29 is 18.0 Å². The predicted octanol–water partition coefficient (Wildman–Crippen LogP) is 3.16. The molecular formula is C22H28BrN3O4S. The van der Waals surface area contributed by atoms with Gasteiger partial charge in [0.05, 0.1) is 11.9 Å². The first kappa shape index (κ1) is 24.9. The Labute approximate surface area is 192 Å². The maximum Gasteiger partial charge on any atom is 0.244 e. The van der Waals surface area contributed by atoms with Crippen LogP contribution >= 0.6 is 15.9 Å². The number of sulfonamides is 1. The normalized spacial score (nSPS) is 12.1. The van der Waals surface area contributed by atoms with E-state index >= 15 is 0 Å². The summed E-state index contributed by atoms with van der Waals surface area (Å²) >= 11 is 3.34. The maximum atomic E-state index is 13.4. The summed E-state index contributed by atoms with van der Waals surface area (Å²) < 4.78 is 26.7. The molecule has 0 bridgehead atoms. The smallest absolute Gasteiger partial charge is 0.244 e. The third-order valence-electron chi connectivity index (χ3n) is 4.71. The molecule has 1 atom stereocenters. The zero-order valence-corrected chi connectivity index (χ0v) is 20.3. The van der Waals surface area contributed by atoms with E-state index in [4.69, 9.17) is 0 Å². The lowest BCUT2D eigenvalue weighted by Crippen LogP contribution is -2.52. The van der Waals surface area contributed by atoms with E-state index in [2.05, 4.69) is 21.2 Å². The van der Waals surface area contributed by atoms with Gasteiger partial charge in [-0.3, -0.25) is 13.9 Å². The highest BCUT2D eigenvalue weighted by atomic mass is 79.9. The van der Waals surface area contributed by atoms with Crippen LogP contribution < -0.4 is 9.62 Å². The second-order valence-electron chi connectivity index (χ2n) is 7.08. The van der Waals surface area contributed by atoms with E-state index in [0.717, 1.165) is 16.1 Å². The zero-order chi connectivity index (χ0) is 23.0. The summed E-state index contributed by atoms with van der Waals surface area (Å²) in [5.41, 5.74) is 1.22. The Morgan fingerprint density at radius 1 is 1.06 bits per heavy atom. The van der Waals surface area contributed by atoms with Crippen molar-refractivity contribution in [2.24, 2.45) is 0 Å². The molecular weight excluding hydrogens is 482 g/mol. The van der Waals surface area contributed by atoms with Crippen molar-refractivity contribution in [1.29, 1.82) is 0 Å². The van der Waals surface area contributed by atoms with Crippen LogP contribution in [0, 0.1) is 0 Å². The average Bonchev–Trinajstić information content (AvgIpc) is 2.71. The number of nitrogens with zero attached hydrogens (tertiary/aromatic N) is 2. The van der Waals surface area contributed by atoms with Gasteiger partial charge in [-0.15, -0.1) is 0 Å². The number of anilines is 1. The first-order chi connectivity index (χ1) is 14.7. The molecule has 0 aliphatic rings. The lowest BCUT2D eigenvalue weighted by Gasteiger charge is -2.32. The third-order valence-corrected chi connectivity index (χ3v) is 6.34. The molecule has 1 N–H and O–H groups in total. The number of rotatable bonds is 10. The van der Waals surface area contributed by atoms with Gasteiger partial charge in [0.15, 0.2) is 0 Å². The number of likely N-dealkylation sites (N-methyl/N-ethyl adjacent to an activating group) is 1. The Hall–Kier alpha value is -2.39. The number of carbonyl (C=O) groups excluding carboxylic acids is 2. The highest BCUT2D eigenvalue weighted by Gasteiger charge is 2.31. The van der Waals surface area contributed by atoms with Crippen molar-refractivity contribution in [3.8, 4) is 0 Å². The molecule has 0 aromatic heterocycles. The lowest BCUT2D eigenvalue weighted by atomic mass is 10.1. The number of halogens is 1. The molecule has 0 heterocycles.